The molecule has 2 aromatic heterocycles. The van der Waals surface area contributed by atoms with Gasteiger partial charge in [-0.15, -0.1) is 0 Å². The van der Waals surface area contributed by atoms with Gasteiger partial charge in [0.15, 0.2) is 0 Å². The third-order valence-electron chi connectivity index (χ3n) is 4.38. The summed E-state index contributed by atoms with van der Waals surface area (Å²) in [6.45, 7) is 1.39. The molecule has 0 radical (unpaired) electrons. The van der Waals surface area contributed by atoms with E-state index in [-0.39, 0.29) is 17.1 Å². The Bertz CT molecular complexity index is 705. The van der Waals surface area contributed by atoms with E-state index in [1.807, 2.05) is 23.1 Å². The van der Waals surface area contributed by atoms with E-state index in [1.54, 1.807) is 12.3 Å². The third-order valence-corrected chi connectivity index (χ3v) is 4.38. The minimum absolute atomic E-state index is 0.0729. The predicted octanol–water partition coefficient (Wildman–Crippen LogP) is 0.656. The van der Waals surface area contributed by atoms with Gasteiger partial charge in [0.2, 0.25) is 0 Å². The number of anilines is 1. The number of β-amino-alcohol motifs (C(OH)–C–C–N with tert-alkyl or cyclic N) is 1. The molecule has 1 spiro atoms. The first kappa shape index (κ1) is 11.0. The van der Waals surface area contributed by atoms with Gasteiger partial charge >= 0.3 is 0 Å². The highest BCUT2D eigenvalue weighted by Crippen LogP contribution is 2.53. The molecule has 1 saturated carbocycles. The number of hydrogen-bond acceptors (Lipinski definition) is 4. The third kappa shape index (κ3) is 1.58. The predicted molar refractivity (Wildman–Crippen MR) is 71.3 cm³/mol. The number of aliphatic hydroxyl groups excluding tert-OH is 1. The largest absolute Gasteiger partial charge is 0.391 e. The monoisotopic (exact) mass is 257 g/mol. The first-order valence-corrected chi connectivity index (χ1v) is 6.59. The normalized spacial score (nSPS) is 24.3. The standard InChI is InChI=1S/C14H15N3O2/c18-10-8-16(9-14(10)4-5-14)12-7-13(19)17-6-2-1-3-11(17)15-12/h1-3,6-7,10,18H,4-5,8-9H2. The van der Waals surface area contributed by atoms with E-state index < -0.39 is 0 Å². The number of rotatable bonds is 1. The number of nitrogens with zero attached hydrogens (tertiary/aromatic N) is 3. The molecule has 2 aromatic rings. The molecule has 0 amide bonds. The minimum Gasteiger partial charge on any atom is -0.391 e. The van der Waals surface area contributed by atoms with E-state index in [0.717, 1.165) is 19.4 Å². The van der Waals surface area contributed by atoms with Crippen LogP contribution in [0, 0.1) is 5.41 Å². The van der Waals surface area contributed by atoms with Gasteiger partial charge in [0.05, 0.1) is 6.10 Å². The van der Waals surface area contributed by atoms with E-state index in [9.17, 15) is 9.90 Å². The number of aliphatic hydroxyl groups is 1. The van der Waals surface area contributed by atoms with Crippen molar-refractivity contribution in [3.8, 4) is 0 Å². The van der Waals surface area contributed by atoms with E-state index in [2.05, 4.69) is 4.98 Å². The van der Waals surface area contributed by atoms with Gasteiger partial charge in [-0.1, -0.05) is 6.07 Å². The second-order valence-electron chi connectivity index (χ2n) is 5.64. The lowest BCUT2D eigenvalue weighted by molar-refractivity contribution is 0.136. The Labute approximate surface area is 110 Å². The molecular formula is C14H15N3O2. The van der Waals surface area contributed by atoms with Crippen molar-refractivity contribution in [2.45, 2.75) is 18.9 Å². The maximum Gasteiger partial charge on any atom is 0.259 e. The lowest BCUT2D eigenvalue weighted by Crippen LogP contribution is -2.25. The van der Waals surface area contributed by atoms with Crippen LogP contribution >= 0.6 is 0 Å². The summed E-state index contributed by atoms with van der Waals surface area (Å²) >= 11 is 0. The van der Waals surface area contributed by atoms with Crippen LogP contribution in [0.2, 0.25) is 0 Å². The smallest absolute Gasteiger partial charge is 0.259 e. The molecule has 2 aliphatic rings. The summed E-state index contributed by atoms with van der Waals surface area (Å²) in [4.78, 5) is 18.6. The van der Waals surface area contributed by atoms with E-state index >= 15 is 0 Å². The van der Waals surface area contributed by atoms with Crippen LogP contribution in [0.5, 0.6) is 0 Å². The second-order valence-corrected chi connectivity index (χ2v) is 5.64. The molecule has 5 nitrogen and oxygen atoms in total. The van der Waals surface area contributed by atoms with Crippen molar-refractivity contribution in [1.82, 2.24) is 9.38 Å². The Balaban J connectivity index is 1.78. The van der Waals surface area contributed by atoms with Gasteiger partial charge in [0, 0.05) is 30.8 Å². The molecule has 4 rings (SSSR count). The molecule has 98 valence electrons. The summed E-state index contributed by atoms with van der Waals surface area (Å²) in [6, 6.07) is 7.06. The highest BCUT2D eigenvalue weighted by atomic mass is 16.3. The van der Waals surface area contributed by atoms with Gasteiger partial charge in [-0.25, -0.2) is 4.98 Å². The summed E-state index contributed by atoms with van der Waals surface area (Å²) in [6.07, 6.45) is 3.59. The molecule has 0 bridgehead atoms. The van der Waals surface area contributed by atoms with Gasteiger partial charge in [-0.2, -0.15) is 0 Å². The van der Waals surface area contributed by atoms with Crippen LogP contribution in [0.4, 0.5) is 5.82 Å². The van der Waals surface area contributed by atoms with Crippen molar-refractivity contribution in [2.75, 3.05) is 18.0 Å². The lowest BCUT2D eigenvalue weighted by Gasteiger charge is -2.17. The second kappa shape index (κ2) is 3.57. The zero-order chi connectivity index (χ0) is 13.0. The first-order valence-electron chi connectivity index (χ1n) is 6.59. The molecule has 1 aliphatic carbocycles. The number of fused-ring (bicyclic) bond motifs is 1. The van der Waals surface area contributed by atoms with Gasteiger partial charge in [0.25, 0.3) is 5.56 Å². The average molecular weight is 257 g/mol. The fourth-order valence-electron chi connectivity index (χ4n) is 2.98. The Kier molecular flexibility index (Phi) is 2.07. The molecule has 1 atom stereocenters. The van der Waals surface area contributed by atoms with Crippen molar-refractivity contribution < 1.29 is 5.11 Å². The summed E-state index contributed by atoms with van der Waals surface area (Å²) in [5.41, 5.74) is 0.645. The molecule has 19 heavy (non-hydrogen) atoms. The van der Waals surface area contributed by atoms with E-state index in [0.29, 0.717) is 18.0 Å². The zero-order valence-corrected chi connectivity index (χ0v) is 10.5. The van der Waals surface area contributed by atoms with Crippen LogP contribution in [-0.4, -0.2) is 33.7 Å². The van der Waals surface area contributed by atoms with Gasteiger partial charge < -0.3 is 10.0 Å². The Morgan fingerprint density at radius 2 is 2.21 bits per heavy atom. The Hall–Kier alpha value is -1.88. The highest BCUT2D eigenvalue weighted by Gasteiger charge is 2.54. The average Bonchev–Trinajstić information content (AvgIpc) is 3.11. The van der Waals surface area contributed by atoms with Crippen LogP contribution in [0.3, 0.4) is 0 Å². The highest BCUT2D eigenvalue weighted by molar-refractivity contribution is 5.49. The Morgan fingerprint density at radius 3 is 2.95 bits per heavy atom. The summed E-state index contributed by atoms with van der Waals surface area (Å²) in [5, 5.41) is 10.1. The van der Waals surface area contributed by atoms with E-state index in [4.69, 9.17) is 0 Å². The SMILES string of the molecule is O=c1cc(N2CC(O)C3(CC3)C2)nc2ccccn12. The lowest BCUT2D eigenvalue weighted by atomic mass is 10.0. The molecule has 1 unspecified atom stereocenters. The molecule has 2 fully saturated rings. The van der Waals surface area contributed by atoms with Gasteiger partial charge in [-0.3, -0.25) is 9.20 Å². The van der Waals surface area contributed by atoms with Gasteiger partial charge in [-0.05, 0) is 25.0 Å². The number of aromatic nitrogens is 2. The number of pyridine rings is 1. The molecule has 1 saturated heterocycles. The molecule has 1 N–H and O–H groups in total. The zero-order valence-electron chi connectivity index (χ0n) is 10.5. The maximum absolute atomic E-state index is 12.0. The van der Waals surface area contributed by atoms with Crippen LogP contribution in [0.25, 0.3) is 5.65 Å². The van der Waals surface area contributed by atoms with Crippen molar-refractivity contribution in [3.05, 3.63) is 40.8 Å². The van der Waals surface area contributed by atoms with Crippen molar-refractivity contribution >= 4 is 11.5 Å². The molecule has 3 heterocycles. The maximum atomic E-state index is 12.0. The van der Waals surface area contributed by atoms with Crippen molar-refractivity contribution in [1.29, 1.82) is 0 Å². The van der Waals surface area contributed by atoms with Crippen LogP contribution in [-0.2, 0) is 0 Å². The van der Waals surface area contributed by atoms with Crippen molar-refractivity contribution in [3.63, 3.8) is 0 Å². The summed E-state index contributed by atoms with van der Waals surface area (Å²) in [7, 11) is 0. The van der Waals surface area contributed by atoms with E-state index in [1.165, 1.54) is 4.40 Å². The van der Waals surface area contributed by atoms with Crippen LogP contribution in [0.15, 0.2) is 35.3 Å². The summed E-state index contributed by atoms with van der Waals surface area (Å²) < 4.78 is 1.53. The topological polar surface area (TPSA) is 57.8 Å². The van der Waals surface area contributed by atoms with Crippen molar-refractivity contribution in [2.24, 2.45) is 5.41 Å². The van der Waals surface area contributed by atoms with Crippen LogP contribution < -0.4 is 10.5 Å². The fraction of sp³-hybridized carbons (Fsp3) is 0.429. The Morgan fingerprint density at radius 1 is 1.37 bits per heavy atom. The van der Waals surface area contributed by atoms with Gasteiger partial charge in [0.1, 0.15) is 11.5 Å². The fourth-order valence-corrected chi connectivity index (χ4v) is 2.98. The molecule has 1 aliphatic heterocycles. The quantitative estimate of drug-likeness (QED) is 0.815. The minimum atomic E-state index is -0.288. The molecule has 0 aromatic carbocycles. The first-order chi connectivity index (χ1) is 9.18. The summed E-state index contributed by atoms with van der Waals surface area (Å²) in [5.74, 6) is 0.680. The molecular weight excluding hydrogens is 242 g/mol. The molecule has 5 heteroatoms. The van der Waals surface area contributed by atoms with Crippen LogP contribution in [0.1, 0.15) is 12.8 Å². The number of hydrogen-bond donors (Lipinski definition) is 1.